The number of halogens is 1. The van der Waals surface area contributed by atoms with Gasteiger partial charge in [-0.05, 0) is 0 Å². The third-order valence-electron chi connectivity index (χ3n) is 1.70. The molecule has 0 radical (unpaired) electrons. The normalized spacial score (nSPS) is 9.21. The van der Waals surface area contributed by atoms with E-state index >= 15 is 0 Å². The van der Waals surface area contributed by atoms with Crippen LogP contribution in [-0.2, 0) is 0 Å². The molecule has 0 aliphatic rings. The number of nitrogens with two attached hydrogens (primary N) is 1. The molecule has 1 heterocycles. The first-order valence-corrected chi connectivity index (χ1v) is 4.75. The van der Waals surface area contributed by atoms with Gasteiger partial charge in [-0.25, -0.2) is 10.8 Å². The topological polar surface area (TPSA) is 50.9 Å². The lowest BCUT2D eigenvalue weighted by molar-refractivity contribution is 1.29. The molecule has 0 saturated heterocycles. The molecule has 5 heteroatoms. The van der Waals surface area contributed by atoms with Crippen molar-refractivity contribution in [3.8, 4) is 11.3 Å². The highest BCUT2D eigenvalue weighted by atomic mass is 35.5. The number of benzene rings is 1. The highest BCUT2D eigenvalue weighted by Gasteiger charge is 2.01. The van der Waals surface area contributed by atoms with Gasteiger partial charge < -0.3 is 0 Å². The molecule has 2 aromatic rings. The molecular formula is C9H10ClN3S. The number of rotatable bonds is 2. The smallest absolute Gasteiger partial charge is 0.197 e. The molecule has 0 aliphatic heterocycles. The second-order valence-corrected chi connectivity index (χ2v) is 3.41. The predicted octanol–water partition coefficient (Wildman–Crippen LogP) is 2.52. The number of nitrogens with one attached hydrogen (secondary N) is 1. The largest absolute Gasteiger partial charge is 0.300 e. The minimum absolute atomic E-state index is 0. The maximum absolute atomic E-state index is 5.24. The molecule has 0 bridgehead atoms. The average Bonchev–Trinajstić information content (AvgIpc) is 2.67. The molecule has 14 heavy (non-hydrogen) atoms. The Kier molecular flexibility index (Phi) is 3.88. The summed E-state index contributed by atoms with van der Waals surface area (Å²) in [5, 5.41) is 2.71. The Bertz CT molecular complexity index is 388. The molecule has 3 nitrogen and oxygen atoms in total. The second-order valence-electron chi connectivity index (χ2n) is 2.55. The number of thiazole rings is 1. The highest BCUT2D eigenvalue weighted by molar-refractivity contribution is 7.14. The summed E-state index contributed by atoms with van der Waals surface area (Å²) in [4.78, 5) is 4.28. The van der Waals surface area contributed by atoms with Crippen molar-refractivity contribution in [2.45, 2.75) is 0 Å². The number of aromatic nitrogens is 1. The van der Waals surface area contributed by atoms with Crippen LogP contribution < -0.4 is 11.3 Å². The van der Waals surface area contributed by atoms with Crippen LogP contribution >= 0.6 is 23.7 Å². The standard InChI is InChI=1S/C9H9N3S.ClH/c10-12-9-11-8(6-13-9)7-4-2-1-3-5-7;/h1-6H,10H2,(H,11,12);1H. The van der Waals surface area contributed by atoms with Crippen LogP contribution in [0, 0.1) is 0 Å². The number of anilines is 1. The van der Waals surface area contributed by atoms with Crippen LogP contribution in [0.4, 0.5) is 5.13 Å². The molecule has 1 aromatic carbocycles. The molecule has 0 unspecified atom stereocenters. The molecule has 0 atom stereocenters. The SMILES string of the molecule is Cl.NNc1nc(-c2ccccc2)cs1. The number of nitrogens with zero attached hydrogens (tertiary/aromatic N) is 1. The number of hydrazine groups is 1. The van der Waals surface area contributed by atoms with E-state index in [1.807, 2.05) is 35.7 Å². The summed E-state index contributed by atoms with van der Waals surface area (Å²) in [6, 6.07) is 10.0. The summed E-state index contributed by atoms with van der Waals surface area (Å²) in [6.07, 6.45) is 0. The highest BCUT2D eigenvalue weighted by Crippen LogP contribution is 2.23. The first-order chi connectivity index (χ1) is 6.40. The Labute approximate surface area is 92.4 Å². The third-order valence-corrected chi connectivity index (χ3v) is 2.47. The van der Waals surface area contributed by atoms with Gasteiger partial charge in [0.25, 0.3) is 0 Å². The van der Waals surface area contributed by atoms with E-state index in [2.05, 4.69) is 10.4 Å². The van der Waals surface area contributed by atoms with Crippen LogP contribution in [0.25, 0.3) is 11.3 Å². The fraction of sp³-hybridized carbons (Fsp3) is 0. The maximum Gasteiger partial charge on any atom is 0.197 e. The van der Waals surface area contributed by atoms with Gasteiger partial charge in [0.15, 0.2) is 5.13 Å². The van der Waals surface area contributed by atoms with Gasteiger partial charge in [-0.1, -0.05) is 30.3 Å². The van der Waals surface area contributed by atoms with Crippen LogP contribution in [0.2, 0.25) is 0 Å². The molecule has 3 N–H and O–H groups in total. The van der Waals surface area contributed by atoms with Gasteiger partial charge in [0.1, 0.15) is 0 Å². The molecule has 0 fully saturated rings. The lowest BCUT2D eigenvalue weighted by atomic mass is 10.2. The molecule has 74 valence electrons. The molecule has 1 aromatic heterocycles. The molecule has 0 saturated carbocycles. The van der Waals surface area contributed by atoms with Gasteiger partial charge in [0, 0.05) is 10.9 Å². The first-order valence-electron chi connectivity index (χ1n) is 3.88. The fourth-order valence-electron chi connectivity index (χ4n) is 1.08. The Balaban J connectivity index is 0.000000980. The minimum Gasteiger partial charge on any atom is -0.300 e. The Hall–Kier alpha value is -1.10. The van der Waals surface area contributed by atoms with Crippen LogP contribution in [0.5, 0.6) is 0 Å². The molecule has 2 rings (SSSR count). The zero-order valence-corrected chi connectivity index (χ0v) is 8.94. The van der Waals surface area contributed by atoms with Crippen LogP contribution in [0.3, 0.4) is 0 Å². The van der Waals surface area contributed by atoms with Gasteiger partial charge in [-0.3, -0.25) is 5.43 Å². The average molecular weight is 228 g/mol. The van der Waals surface area contributed by atoms with E-state index in [4.69, 9.17) is 5.84 Å². The fourth-order valence-corrected chi connectivity index (χ4v) is 1.71. The Morgan fingerprint density at radius 3 is 2.50 bits per heavy atom. The van der Waals surface area contributed by atoms with E-state index in [0.29, 0.717) is 0 Å². The van der Waals surface area contributed by atoms with Crippen molar-refractivity contribution in [2.24, 2.45) is 5.84 Å². The molecular weight excluding hydrogens is 218 g/mol. The van der Waals surface area contributed by atoms with Crippen molar-refractivity contribution >= 4 is 28.9 Å². The van der Waals surface area contributed by atoms with E-state index in [1.54, 1.807) is 0 Å². The van der Waals surface area contributed by atoms with Gasteiger partial charge >= 0.3 is 0 Å². The maximum atomic E-state index is 5.24. The predicted molar refractivity (Wildman–Crippen MR) is 62.6 cm³/mol. The summed E-state index contributed by atoms with van der Waals surface area (Å²) in [7, 11) is 0. The summed E-state index contributed by atoms with van der Waals surface area (Å²) in [5.41, 5.74) is 4.59. The van der Waals surface area contributed by atoms with Gasteiger partial charge in [0.2, 0.25) is 0 Å². The molecule has 0 aliphatic carbocycles. The van der Waals surface area contributed by atoms with Crippen LogP contribution in [-0.4, -0.2) is 4.98 Å². The quantitative estimate of drug-likeness (QED) is 0.612. The van der Waals surface area contributed by atoms with Crippen molar-refractivity contribution in [2.75, 3.05) is 5.43 Å². The molecule has 0 amide bonds. The van der Waals surface area contributed by atoms with Crippen LogP contribution in [0.1, 0.15) is 0 Å². The van der Waals surface area contributed by atoms with Crippen molar-refractivity contribution < 1.29 is 0 Å². The summed E-state index contributed by atoms with van der Waals surface area (Å²) < 4.78 is 0. The van der Waals surface area contributed by atoms with Gasteiger partial charge in [-0.15, -0.1) is 23.7 Å². The first kappa shape index (κ1) is 11.0. The minimum atomic E-state index is 0. The lowest BCUT2D eigenvalue weighted by Crippen LogP contribution is -2.05. The lowest BCUT2D eigenvalue weighted by Gasteiger charge is -1.93. The zero-order chi connectivity index (χ0) is 9.10. The second kappa shape index (κ2) is 4.95. The summed E-state index contributed by atoms with van der Waals surface area (Å²) >= 11 is 1.50. The van der Waals surface area contributed by atoms with Crippen LogP contribution in [0.15, 0.2) is 35.7 Å². The van der Waals surface area contributed by atoms with Crippen molar-refractivity contribution in [1.82, 2.24) is 4.98 Å². The summed E-state index contributed by atoms with van der Waals surface area (Å²) in [5.74, 6) is 5.24. The van der Waals surface area contributed by atoms with Crippen molar-refractivity contribution in [3.05, 3.63) is 35.7 Å². The number of hydrogen-bond donors (Lipinski definition) is 2. The number of hydrogen-bond acceptors (Lipinski definition) is 4. The van der Waals surface area contributed by atoms with E-state index in [9.17, 15) is 0 Å². The van der Waals surface area contributed by atoms with Crippen molar-refractivity contribution in [1.29, 1.82) is 0 Å². The van der Waals surface area contributed by atoms with E-state index in [1.165, 1.54) is 11.3 Å². The van der Waals surface area contributed by atoms with Gasteiger partial charge in [0.05, 0.1) is 5.69 Å². The van der Waals surface area contributed by atoms with E-state index in [-0.39, 0.29) is 12.4 Å². The van der Waals surface area contributed by atoms with E-state index in [0.717, 1.165) is 16.4 Å². The van der Waals surface area contributed by atoms with E-state index < -0.39 is 0 Å². The van der Waals surface area contributed by atoms with Gasteiger partial charge in [-0.2, -0.15) is 0 Å². The zero-order valence-electron chi connectivity index (χ0n) is 7.31. The molecule has 0 spiro atoms. The summed E-state index contributed by atoms with van der Waals surface area (Å²) in [6.45, 7) is 0. The third kappa shape index (κ3) is 2.23. The number of nitrogen functional groups attached to an aromatic ring is 1. The monoisotopic (exact) mass is 227 g/mol. The Morgan fingerprint density at radius 1 is 1.21 bits per heavy atom. The Morgan fingerprint density at radius 2 is 1.93 bits per heavy atom. The van der Waals surface area contributed by atoms with Crippen molar-refractivity contribution in [3.63, 3.8) is 0 Å².